The molecule has 0 aliphatic carbocycles. The highest BCUT2D eigenvalue weighted by atomic mass is 35.5. The Morgan fingerprint density at radius 1 is 1.27 bits per heavy atom. The summed E-state index contributed by atoms with van der Waals surface area (Å²) >= 11 is 12.1. The number of nitrogens with zero attached hydrogens (tertiary/aromatic N) is 3. The lowest BCUT2D eigenvalue weighted by Gasteiger charge is -2.32. The van der Waals surface area contributed by atoms with Crippen LogP contribution >= 0.6 is 48.0 Å². The lowest BCUT2D eigenvalue weighted by atomic mass is 9.93. The Labute approximate surface area is 176 Å². The first-order valence-corrected chi connectivity index (χ1v) is 9.07. The minimum Gasteiger partial charge on any atom is -0.342 e. The molecule has 146 valence electrons. The number of carbonyl (C=O) groups is 1. The summed E-state index contributed by atoms with van der Waals surface area (Å²) in [4.78, 5) is 18.9. The standard InChI is InChI=1S/C17H22Cl2N4O.2ClH/c1-20-5-2-12-3-6-22(7-4-12)16(24)9-14-11-23-10-13(18)8-15(19)17(23)21-14;;/h8,10-12,20H,2-7,9H2,1H3;2*1H. The predicted octanol–water partition coefficient (Wildman–Crippen LogP) is 3.88. The number of fused-ring (bicyclic) bond motifs is 1. The van der Waals surface area contributed by atoms with Crippen LogP contribution in [0.25, 0.3) is 5.65 Å². The molecule has 0 radical (unpaired) electrons. The van der Waals surface area contributed by atoms with Gasteiger partial charge in [0.25, 0.3) is 0 Å². The summed E-state index contributed by atoms with van der Waals surface area (Å²) < 4.78 is 1.78. The normalized spacial score (nSPS) is 14.8. The second-order valence-electron chi connectivity index (χ2n) is 6.36. The molecule has 5 nitrogen and oxygen atoms in total. The molecule has 1 fully saturated rings. The number of amides is 1. The van der Waals surface area contributed by atoms with Gasteiger partial charge in [-0.25, -0.2) is 4.98 Å². The molecule has 1 aliphatic rings. The van der Waals surface area contributed by atoms with Crippen LogP contribution in [0.1, 0.15) is 25.0 Å². The SMILES string of the molecule is CNCCC1CCN(C(=O)Cc2cn3cc(Cl)cc(Cl)c3n2)CC1.Cl.Cl. The molecule has 0 aromatic carbocycles. The number of likely N-dealkylation sites (tertiary alicyclic amines) is 1. The van der Waals surface area contributed by atoms with Gasteiger partial charge in [-0.3, -0.25) is 4.79 Å². The van der Waals surface area contributed by atoms with Gasteiger partial charge < -0.3 is 14.6 Å². The van der Waals surface area contributed by atoms with E-state index in [1.54, 1.807) is 16.7 Å². The summed E-state index contributed by atoms with van der Waals surface area (Å²) in [5.41, 5.74) is 1.36. The van der Waals surface area contributed by atoms with Gasteiger partial charge in [0, 0.05) is 25.5 Å². The van der Waals surface area contributed by atoms with Crippen LogP contribution in [-0.4, -0.2) is 46.9 Å². The molecular formula is C17H24Cl4N4O. The molecule has 0 atom stereocenters. The van der Waals surface area contributed by atoms with Gasteiger partial charge in [-0.1, -0.05) is 23.2 Å². The summed E-state index contributed by atoms with van der Waals surface area (Å²) in [5, 5.41) is 4.23. The van der Waals surface area contributed by atoms with Crippen molar-refractivity contribution < 1.29 is 4.79 Å². The Morgan fingerprint density at radius 2 is 1.96 bits per heavy atom. The maximum atomic E-state index is 12.5. The number of pyridine rings is 1. The van der Waals surface area contributed by atoms with E-state index in [4.69, 9.17) is 23.2 Å². The summed E-state index contributed by atoms with van der Waals surface area (Å²) in [7, 11) is 1.98. The minimum absolute atomic E-state index is 0. The monoisotopic (exact) mass is 440 g/mol. The van der Waals surface area contributed by atoms with Gasteiger partial charge in [-0.05, 0) is 44.8 Å². The van der Waals surface area contributed by atoms with E-state index in [2.05, 4.69) is 10.3 Å². The third kappa shape index (κ3) is 5.64. The number of rotatable bonds is 5. The molecule has 1 aliphatic heterocycles. The summed E-state index contributed by atoms with van der Waals surface area (Å²) in [6, 6.07) is 1.66. The molecule has 0 bridgehead atoms. The molecule has 0 saturated carbocycles. The summed E-state index contributed by atoms with van der Waals surface area (Å²) in [6.45, 7) is 2.73. The number of aromatic nitrogens is 2. The fourth-order valence-corrected chi connectivity index (χ4v) is 3.77. The Hall–Kier alpha value is -0.720. The van der Waals surface area contributed by atoms with Crippen molar-refractivity contribution in [3.8, 4) is 0 Å². The van der Waals surface area contributed by atoms with Gasteiger partial charge in [-0.2, -0.15) is 0 Å². The van der Waals surface area contributed by atoms with Crippen molar-refractivity contribution >= 4 is 59.6 Å². The third-order valence-electron chi connectivity index (χ3n) is 4.62. The number of hydrogen-bond acceptors (Lipinski definition) is 3. The highest BCUT2D eigenvalue weighted by Crippen LogP contribution is 2.23. The van der Waals surface area contributed by atoms with Crippen molar-refractivity contribution in [3.63, 3.8) is 0 Å². The maximum Gasteiger partial charge on any atom is 0.228 e. The van der Waals surface area contributed by atoms with Crippen LogP contribution in [0.3, 0.4) is 0 Å². The number of imidazole rings is 1. The van der Waals surface area contributed by atoms with Gasteiger partial charge in [0.15, 0.2) is 5.65 Å². The van der Waals surface area contributed by atoms with Gasteiger partial charge in [0.1, 0.15) is 0 Å². The van der Waals surface area contributed by atoms with Crippen molar-refractivity contribution in [2.24, 2.45) is 5.92 Å². The lowest BCUT2D eigenvalue weighted by molar-refractivity contribution is -0.131. The smallest absolute Gasteiger partial charge is 0.228 e. The Balaban J connectivity index is 0.00000169. The second-order valence-corrected chi connectivity index (χ2v) is 7.21. The topological polar surface area (TPSA) is 49.6 Å². The molecule has 1 saturated heterocycles. The first-order chi connectivity index (χ1) is 11.6. The number of hydrogen-bond donors (Lipinski definition) is 1. The molecule has 1 N–H and O–H groups in total. The molecule has 9 heteroatoms. The first-order valence-electron chi connectivity index (χ1n) is 8.32. The molecule has 0 spiro atoms. The molecule has 3 rings (SSSR count). The second kappa shape index (κ2) is 10.6. The van der Waals surface area contributed by atoms with Crippen LogP contribution in [0.2, 0.25) is 10.0 Å². The number of halogens is 4. The highest BCUT2D eigenvalue weighted by Gasteiger charge is 2.23. The van der Waals surface area contributed by atoms with Crippen molar-refractivity contribution in [1.29, 1.82) is 0 Å². The van der Waals surface area contributed by atoms with Crippen LogP contribution in [0, 0.1) is 5.92 Å². The molecule has 26 heavy (non-hydrogen) atoms. The Bertz CT molecular complexity index is 729. The van der Waals surface area contributed by atoms with E-state index in [-0.39, 0.29) is 30.7 Å². The van der Waals surface area contributed by atoms with E-state index < -0.39 is 0 Å². The van der Waals surface area contributed by atoms with Gasteiger partial charge in [-0.15, -0.1) is 24.8 Å². The Kier molecular flexibility index (Phi) is 9.48. The average molecular weight is 442 g/mol. The van der Waals surface area contributed by atoms with Gasteiger partial charge in [0.2, 0.25) is 5.91 Å². The van der Waals surface area contributed by atoms with E-state index in [0.29, 0.717) is 22.1 Å². The zero-order valence-corrected chi connectivity index (χ0v) is 17.7. The molecule has 2 aromatic rings. The van der Waals surface area contributed by atoms with Gasteiger partial charge in [0.05, 0.1) is 22.2 Å². The lowest BCUT2D eigenvalue weighted by Crippen LogP contribution is -2.39. The van der Waals surface area contributed by atoms with Crippen molar-refractivity contribution in [2.45, 2.75) is 25.7 Å². The van der Waals surface area contributed by atoms with E-state index in [1.807, 2.05) is 18.1 Å². The number of piperidine rings is 1. The van der Waals surface area contributed by atoms with E-state index in [1.165, 1.54) is 6.42 Å². The zero-order valence-electron chi connectivity index (χ0n) is 14.6. The first kappa shape index (κ1) is 23.3. The number of carbonyl (C=O) groups excluding carboxylic acids is 1. The highest BCUT2D eigenvalue weighted by molar-refractivity contribution is 6.36. The number of nitrogens with one attached hydrogen (secondary N) is 1. The Morgan fingerprint density at radius 3 is 2.62 bits per heavy atom. The molecular weight excluding hydrogens is 418 g/mol. The molecule has 3 heterocycles. The van der Waals surface area contributed by atoms with Crippen LogP contribution < -0.4 is 5.32 Å². The maximum absolute atomic E-state index is 12.5. The quantitative estimate of drug-likeness (QED) is 0.765. The van der Waals surface area contributed by atoms with Crippen molar-refractivity contribution in [3.05, 3.63) is 34.2 Å². The molecule has 2 aromatic heterocycles. The fourth-order valence-electron chi connectivity index (χ4n) is 3.25. The summed E-state index contributed by atoms with van der Waals surface area (Å²) in [5.74, 6) is 0.852. The van der Waals surface area contributed by atoms with Gasteiger partial charge >= 0.3 is 0 Å². The third-order valence-corrected chi connectivity index (χ3v) is 5.11. The zero-order chi connectivity index (χ0) is 17.1. The summed E-state index contributed by atoms with van der Waals surface area (Å²) in [6.07, 6.45) is 7.22. The van der Waals surface area contributed by atoms with E-state index in [9.17, 15) is 4.79 Å². The molecule has 1 amide bonds. The van der Waals surface area contributed by atoms with E-state index >= 15 is 0 Å². The fraction of sp³-hybridized carbons (Fsp3) is 0.529. The van der Waals surface area contributed by atoms with Crippen LogP contribution in [0.15, 0.2) is 18.5 Å². The van der Waals surface area contributed by atoms with Crippen molar-refractivity contribution in [2.75, 3.05) is 26.7 Å². The van der Waals surface area contributed by atoms with Crippen LogP contribution in [-0.2, 0) is 11.2 Å². The minimum atomic E-state index is 0. The predicted molar refractivity (Wildman–Crippen MR) is 111 cm³/mol. The largest absolute Gasteiger partial charge is 0.342 e. The van der Waals surface area contributed by atoms with Crippen LogP contribution in [0.5, 0.6) is 0 Å². The van der Waals surface area contributed by atoms with Crippen molar-refractivity contribution in [1.82, 2.24) is 19.6 Å². The van der Waals surface area contributed by atoms with Crippen LogP contribution in [0.4, 0.5) is 0 Å². The average Bonchev–Trinajstić information content (AvgIpc) is 2.96. The van der Waals surface area contributed by atoms with E-state index in [0.717, 1.165) is 44.1 Å². The molecule has 0 unspecified atom stereocenters.